The van der Waals surface area contributed by atoms with Crippen molar-refractivity contribution in [1.82, 2.24) is 10.1 Å². The molecule has 0 spiro atoms. The second-order valence-corrected chi connectivity index (χ2v) is 12.0. The summed E-state index contributed by atoms with van der Waals surface area (Å²) in [6, 6.07) is 15.0. The van der Waals surface area contributed by atoms with Crippen LogP contribution in [0.4, 0.5) is 0 Å². The third-order valence-corrected chi connectivity index (χ3v) is 9.44. The fourth-order valence-electron chi connectivity index (χ4n) is 8.00. The highest BCUT2D eigenvalue weighted by molar-refractivity contribution is 5.61. The molecule has 0 radical (unpaired) electrons. The Morgan fingerprint density at radius 1 is 0.973 bits per heavy atom. The number of aliphatic hydroxyl groups is 2. The van der Waals surface area contributed by atoms with Crippen LogP contribution in [-0.4, -0.2) is 39.7 Å². The maximum Gasteiger partial charge on any atom is 0.227 e. The quantitative estimate of drug-likeness (QED) is 0.412. The van der Waals surface area contributed by atoms with Crippen molar-refractivity contribution in [3.8, 4) is 17.1 Å². The summed E-state index contributed by atoms with van der Waals surface area (Å²) < 4.78 is 11.7. The fourth-order valence-corrected chi connectivity index (χ4v) is 8.00. The van der Waals surface area contributed by atoms with Gasteiger partial charge in [-0.3, -0.25) is 0 Å². The monoisotopic (exact) mass is 502 g/mol. The van der Waals surface area contributed by atoms with Crippen molar-refractivity contribution in [3.63, 3.8) is 0 Å². The molecule has 37 heavy (non-hydrogen) atoms. The van der Waals surface area contributed by atoms with Crippen molar-refractivity contribution in [2.45, 2.75) is 64.9 Å². The summed E-state index contributed by atoms with van der Waals surface area (Å²) in [5.41, 5.74) is 4.39. The molecule has 4 aliphatic carbocycles. The topological polar surface area (TPSA) is 88.6 Å². The summed E-state index contributed by atoms with van der Waals surface area (Å²) in [6.45, 7) is 3.68. The van der Waals surface area contributed by atoms with E-state index in [2.05, 4.69) is 35.5 Å². The third-order valence-electron chi connectivity index (χ3n) is 9.44. The standard InChI is InChI=1S/C31H38N2O4/c1-19-8-24(9-20(2)29(19)36-18-27(35)17-34)30-32-28(37-33-30)16-31(15-21-6-4-3-5-7-21)25-11-22-10-23(13-25)14-26(31)12-22/h3-9,22-23,25-27,34-35H,10-18H2,1-2H3/t22?,23?,25?,26?,27-,31?/m0/s1. The van der Waals surface area contributed by atoms with Gasteiger partial charge in [0.15, 0.2) is 0 Å². The van der Waals surface area contributed by atoms with Gasteiger partial charge in [0.25, 0.3) is 0 Å². The Bertz CT molecular complexity index is 1190. The molecule has 1 heterocycles. The zero-order chi connectivity index (χ0) is 25.6. The van der Waals surface area contributed by atoms with Crippen LogP contribution in [0, 0.1) is 42.9 Å². The van der Waals surface area contributed by atoms with Gasteiger partial charge in [-0.15, -0.1) is 0 Å². The number of ether oxygens (including phenoxy) is 1. The summed E-state index contributed by atoms with van der Waals surface area (Å²) in [6.07, 6.45) is 7.89. The number of rotatable bonds is 9. The minimum atomic E-state index is -0.897. The lowest BCUT2D eigenvalue weighted by Crippen LogP contribution is -2.55. The molecule has 4 saturated carbocycles. The van der Waals surface area contributed by atoms with E-state index in [0.717, 1.165) is 64.8 Å². The number of aryl methyl sites for hydroxylation is 2. The first kappa shape index (κ1) is 24.6. The van der Waals surface area contributed by atoms with Gasteiger partial charge in [-0.1, -0.05) is 35.5 Å². The smallest absolute Gasteiger partial charge is 0.227 e. The maximum atomic E-state index is 9.65. The summed E-state index contributed by atoms with van der Waals surface area (Å²) in [4.78, 5) is 4.93. The minimum Gasteiger partial charge on any atom is -0.490 e. The maximum absolute atomic E-state index is 9.65. The summed E-state index contributed by atoms with van der Waals surface area (Å²) >= 11 is 0. The molecule has 1 aromatic heterocycles. The summed E-state index contributed by atoms with van der Waals surface area (Å²) in [7, 11) is 0. The van der Waals surface area contributed by atoms with Crippen LogP contribution >= 0.6 is 0 Å². The van der Waals surface area contributed by atoms with Gasteiger partial charge < -0.3 is 19.5 Å². The van der Waals surface area contributed by atoms with Gasteiger partial charge in [0.2, 0.25) is 11.7 Å². The normalized spacial score (nSPS) is 29.0. The molecule has 0 amide bonds. The molecule has 7 rings (SSSR count). The van der Waals surface area contributed by atoms with Gasteiger partial charge >= 0.3 is 0 Å². The van der Waals surface area contributed by atoms with E-state index in [4.69, 9.17) is 19.4 Å². The Kier molecular flexibility index (Phi) is 6.58. The van der Waals surface area contributed by atoms with E-state index >= 15 is 0 Å². The summed E-state index contributed by atoms with van der Waals surface area (Å²) in [5.74, 6) is 5.37. The minimum absolute atomic E-state index is 0.0530. The van der Waals surface area contributed by atoms with Gasteiger partial charge in [-0.05, 0) is 110 Å². The molecule has 6 nitrogen and oxygen atoms in total. The third kappa shape index (κ3) is 4.70. The van der Waals surface area contributed by atoms with Gasteiger partial charge in [-0.25, -0.2) is 0 Å². The van der Waals surface area contributed by atoms with Crippen molar-refractivity contribution in [1.29, 1.82) is 0 Å². The molecular weight excluding hydrogens is 464 g/mol. The molecular formula is C31H38N2O4. The molecule has 0 aliphatic heterocycles. The molecule has 0 saturated heterocycles. The molecule has 2 N–H and O–H groups in total. The largest absolute Gasteiger partial charge is 0.490 e. The zero-order valence-electron chi connectivity index (χ0n) is 21.9. The van der Waals surface area contributed by atoms with Crippen molar-refractivity contribution in [2.75, 3.05) is 13.2 Å². The molecule has 3 aromatic rings. The Hall–Kier alpha value is -2.70. The van der Waals surface area contributed by atoms with E-state index in [0.29, 0.717) is 5.82 Å². The van der Waals surface area contributed by atoms with E-state index in [1.807, 2.05) is 26.0 Å². The second-order valence-electron chi connectivity index (χ2n) is 12.0. The highest BCUT2D eigenvalue weighted by atomic mass is 16.5. The molecule has 1 atom stereocenters. The van der Waals surface area contributed by atoms with Crippen molar-refractivity contribution in [2.24, 2.45) is 29.1 Å². The van der Waals surface area contributed by atoms with Crippen molar-refractivity contribution >= 4 is 0 Å². The molecule has 0 unspecified atom stereocenters. The Morgan fingerprint density at radius 2 is 1.62 bits per heavy atom. The number of benzene rings is 2. The predicted molar refractivity (Wildman–Crippen MR) is 141 cm³/mol. The average Bonchev–Trinajstić information content (AvgIpc) is 3.35. The Labute approximate surface area is 219 Å². The molecule has 6 heteroatoms. The number of hydrogen-bond acceptors (Lipinski definition) is 6. The number of aliphatic hydroxyl groups excluding tert-OH is 2. The summed E-state index contributed by atoms with van der Waals surface area (Å²) in [5, 5.41) is 23.1. The fraction of sp³-hybridized carbons (Fsp3) is 0.548. The van der Waals surface area contributed by atoms with Crippen molar-refractivity contribution < 1.29 is 19.5 Å². The van der Waals surface area contributed by atoms with Crippen LogP contribution in [0.25, 0.3) is 11.4 Å². The van der Waals surface area contributed by atoms with Crippen LogP contribution in [0.5, 0.6) is 5.75 Å². The number of hydrogen-bond donors (Lipinski definition) is 2. The molecule has 2 aromatic carbocycles. The van der Waals surface area contributed by atoms with E-state index < -0.39 is 6.10 Å². The first-order valence-electron chi connectivity index (χ1n) is 13.8. The first-order chi connectivity index (χ1) is 17.9. The number of nitrogens with zero attached hydrogens (tertiary/aromatic N) is 2. The SMILES string of the molecule is Cc1cc(-c2noc(CC3(Cc4ccccc4)C4CC5CC(C4)CC3C5)n2)cc(C)c1OC[C@@H](O)CO. The molecule has 4 fully saturated rings. The number of aromatic nitrogens is 2. The molecule has 4 aliphatic rings. The first-order valence-corrected chi connectivity index (χ1v) is 13.8. The van der Waals surface area contributed by atoms with Gasteiger partial charge in [0.1, 0.15) is 18.5 Å². The van der Waals surface area contributed by atoms with E-state index in [1.54, 1.807) is 0 Å². The van der Waals surface area contributed by atoms with Gasteiger partial charge in [0, 0.05) is 12.0 Å². The average molecular weight is 503 g/mol. The lowest BCUT2D eigenvalue weighted by molar-refractivity contribution is -0.111. The highest BCUT2D eigenvalue weighted by Crippen LogP contribution is 2.64. The van der Waals surface area contributed by atoms with Crippen LogP contribution in [0.15, 0.2) is 47.0 Å². The van der Waals surface area contributed by atoms with Crippen LogP contribution in [0.3, 0.4) is 0 Å². The van der Waals surface area contributed by atoms with Crippen LogP contribution in [-0.2, 0) is 12.8 Å². The van der Waals surface area contributed by atoms with E-state index in [9.17, 15) is 5.11 Å². The van der Waals surface area contributed by atoms with Gasteiger partial charge in [-0.2, -0.15) is 4.98 Å². The second kappa shape index (κ2) is 9.88. The zero-order valence-corrected chi connectivity index (χ0v) is 21.9. The molecule has 4 bridgehead atoms. The van der Waals surface area contributed by atoms with E-state index in [-0.39, 0.29) is 18.6 Å². The lowest BCUT2D eigenvalue weighted by Gasteiger charge is -2.61. The van der Waals surface area contributed by atoms with Crippen molar-refractivity contribution in [3.05, 3.63) is 65.0 Å². The van der Waals surface area contributed by atoms with Crippen LogP contribution < -0.4 is 4.74 Å². The van der Waals surface area contributed by atoms with Gasteiger partial charge in [0.05, 0.1) is 6.61 Å². The Morgan fingerprint density at radius 3 is 2.24 bits per heavy atom. The van der Waals surface area contributed by atoms with Crippen LogP contribution in [0.2, 0.25) is 0 Å². The lowest BCUT2D eigenvalue weighted by atomic mass is 9.43. The molecule has 196 valence electrons. The van der Waals surface area contributed by atoms with Crippen LogP contribution in [0.1, 0.15) is 54.7 Å². The predicted octanol–water partition coefficient (Wildman–Crippen LogP) is 5.31. The van der Waals surface area contributed by atoms with E-state index in [1.165, 1.54) is 37.7 Å². The Balaban J connectivity index is 1.27. The highest BCUT2D eigenvalue weighted by Gasteiger charge is 2.57.